The fourth-order valence-electron chi connectivity index (χ4n) is 1.62. The van der Waals surface area contributed by atoms with E-state index in [2.05, 4.69) is 0 Å². The van der Waals surface area contributed by atoms with E-state index in [-0.39, 0.29) is 12.4 Å². The number of benzene rings is 2. The van der Waals surface area contributed by atoms with Crippen molar-refractivity contribution in [1.82, 2.24) is 0 Å². The lowest BCUT2D eigenvalue weighted by Crippen LogP contribution is -2.15. The Morgan fingerprint density at radius 3 is 1.47 bits per heavy atom. The SMILES string of the molecule is Cl.NC(c1ccccc1F)c1ccccc1F. The Labute approximate surface area is 105 Å². The molecule has 4 heteroatoms. The maximum absolute atomic E-state index is 13.5. The molecule has 0 atom stereocenters. The third-order valence-electron chi connectivity index (χ3n) is 2.48. The molecular formula is C13H12ClF2N. The van der Waals surface area contributed by atoms with Gasteiger partial charge < -0.3 is 5.73 Å². The molecule has 0 aliphatic rings. The van der Waals surface area contributed by atoms with Gasteiger partial charge in [0.1, 0.15) is 11.6 Å². The molecule has 0 saturated heterocycles. The van der Waals surface area contributed by atoms with Crippen molar-refractivity contribution in [3.63, 3.8) is 0 Å². The summed E-state index contributed by atoms with van der Waals surface area (Å²) in [5.74, 6) is -0.837. The first-order valence-electron chi connectivity index (χ1n) is 4.94. The molecule has 1 nitrogen and oxygen atoms in total. The molecule has 2 aromatic rings. The second-order valence-electron chi connectivity index (χ2n) is 3.52. The van der Waals surface area contributed by atoms with Crippen LogP contribution in [-0.4, -0.2) is 0 Å². The summed E-state index contributed by atoms with van der Waals surface area (Å²) >= 11 is 0. The molecule has 0 saturated carbocycles. The summed E-state index contributed by atoms with van der Waals surface area (Å²) in [4.78, 5) is 0. The van der Waals surface area contributed by atoms with Crippen LogP contribution in [0.15, 0.2) is 48.5 Å². The largest absolute Gasteiger partial charge is 0.320 e. The van der Waals surface area contributed by atoms with Crippen molar-refractivity contribution in [3.8, 4) is 0 Å². The predicted molar refractivity (Wildman–Crippen MR) is 66.1 cm³/mol. The number of rotatable bonds is 2. The molecular weight excluding hydrogens is 244 g/mol. The highest BCUT2D eigenvalue weighted by molar-refractivity contribution is 5.85. The molecule has 2 N–H and O–H groups in total. The van der Waals surface area contributed by atoms with Crippen LogP contribution in [0.5, 0.6) is 0 Å². The van der Waals surface area contributed by atoms with Crippen molar-refractivity contribution in [2.24, 2.45) is 5.73 Å². The van der Waals surface area contributed by atoms with Crippen LogP contribution in [0.3, 0.4) is 0 Å². The Kier molecular flexibility index (Phi) is 4.61. The molecule has 0 amide bonds. The number of nitrogens with two attached hydrogens (primary N) is 1. The van der Waals surface area contributed by atoms with Gasteiger partial charge in [0.2, 0.25) is 0 Å². The summed E-state index contributed by atoms with van der Waals surface area (Å²) < 4.78 is 26.9. The van der Waals surface area contributed by atoms with Gasteiger partial charge in [-0.25, -0.2) is 8.78 Å². The number of hydrogen-bond donors (Lipinski definition) is 1. The van der Waals surface area contributed by atoms with Crippen LogP contribution in [0.2, 0.25) is 0 Å². The summed E-state index contributed by atoms with van der Waals surface area (Å²) in [5, 5.41) is 0. The molecule has 0 spiro atoms. The van der Waals surface area contributed by atoms with Crippen LogP contribution in [-0.2, 0) is 0 Å². The molecule has 0 aliphatic heterocycles. The van der Waals surface area contributed by atoms with E-state index in [1.165, 1.54) is 12.1 Å². The van der Waals surface area contributed by atoms with Crippen molar-refractivity contribution < 1.29 is 8.78 Å². The van der Waals surface area contributed by atoms with E-state index in [0.717, 1.165) is 0 Å². The van der Waals surface area contributed by atoms with Crippen LogP contribution in [0.4, 0.5) is 8.78 Å². The maximum Gasteiger partial charge on any atom is 0.128 e. The molecule has 0 aliphatic carbocycles. The van der Waals surface area contributed by atoms with Gasteiger partial charge >= 0.3 is 0 Å². The smallest absolute Gasteiger partial charge is 0.128 e. The molecule has 0 fully saturated rings. The van der Waals surface area contributed by atoms with Gasteiger partial charge in [0, 0.05) is 11.1 Å². The summed E-state index contributed by atoms with van der Waals surface area (Å²) in [6.45, 7) is 0. The van der Waals surface area contributed by atoms with E-state index in [1.54, 1.807) is 36.4 Å². The zero-order chi connectivity index (χ0) is 11.5. The minimum absolute atomic E-state index is 0. The van der Waals surface area contributed by atoms with E-state index in [0.29, 0.717) is 11.1 Å². The van der Waals surface area contributed by atoms with Gasteiger partial charge in [0.05, 0.1) is 6.04 Å². The molecule has 0 radical (unpaired) electrons. The Morgan fingerprint density at radius 2 is 1.12 bits per heavy atom. The van der Waals surface area contributed by atoms with Gasteiger partial charge in [-0.2, -0.15) is 0 Å². The normalized spacial score (nSPS) is 10.1. The van der Waals surface area contributed by atoms with E-state index >= 15 is 0 Å². The standard InChI is InChI=1S/C13H11F2N.ClH/c14-11-7-3-1-5-9(11)13(16)10-6-2-4-8-12(10)15;/h1-8,13H,16H2;1H. The quantitative estimate of drug-likeness (QED) is 0.874. The fourth-order valence-corrected chi connectivity index (χ4v) is 1.62. The fraction of sp³-hybridized carbons (Fsp3) is 0.0769. The van der Waals surface area contributed by atoms with E-state index < -0.39 is 17.7 Å². The lowest BCUT2D eigenvalue weighted by atomic mass is 9.99. The highest BCUT2D eigenvalue weighted by Gasteiger charge is 2.15. The van der Waals surface area contributed by atoms with Crippen molar-refractivity contribution in [2.45, 2.75) is 6.04 Å². The van der Waals surface area contributed by atoms with Gasteiger partial charge in [0.25, 0.3) is 0 Å². The number of hydrogen-bond acceptors (Lipinski definition) is 1. The Morgan fingerprint density at radius 1 is 0.765 bits per heavy atom. The lowest BCUT2D eigenvalue weighted by Gasteiger charge is -2.13. The van der Waals surface area contributed by atoms with Gasteiger partial charge in [-0.05, 0) is 12.1 Å². The van der Waals surface area contributed by atoms with Crippen LogP contribution in [0, 0.1) is 11.6 Å². The first-order valence-corrected chi connectivity index (χ1v) is 4.94. The lowest BCUT2D eigenvalue weighted by molar-refractivity contribution is 0.576. The number of halogens is 3. The Hall–Kier alpha value is -1.45. The van der Waals surface area contributed by atoms with Crippen LogP contribution >= 0.6 is 12.4 Å². The van der Waals surface area contributed by atoms with Gasteiger partial charge in [-0.15, -0.1) is 12.4 Å². The second kappa shape index (κ2) is 5.75. The molecule has 2 aromatic carbocycles. The van der Waals surface area contributed by atoms with Crippen molar-refractivity contribution >= 4 is 12.4 Å². The van der Waals surface area contributed by atoms with Crippen molar-refractivity contribution in [3.05, 3.63) is 71.3 Å². The third kappa shape index (κ3) is 2.81. The van der Waals surface area contributed by atoms with E-state index in [1.807, 2.05) is 0 Å². The highest BCUT2D eigenvalue weighted by Crippen LogP contribution is 2.23. The maximum atomic E-state index is 13.5. The van der Waals surface area contributed by atoms with E-state index in [9.17, 15) is 8.78 Å². The minimum atomic E-state index is -0.776. The summed E-state index contributed by atoms with van der Waals surface area (Å²) in [6, 6.07) is 11.5. The molecule has 0 aromatic heterocycles. The van der Waals surface area contributed by atoms with Gasteiger partial charge in [-0.3, -0.25) is 0 Å². The van der Waals surface area contributed by atoms with Gasteiger partial charge in [0.15, 0.2) is 0 Å². The second-order valence-corrected chi connectivity index (χ2v) is 3.52. The molecule has 17 heavy (non-hydrogen) atoms. The third-order valence-corrected chi connectivity index (χ3v) is 2.48. The van der Waals surface area contributed by atoms with Crippen LogP contribution < -0.4 is 5.73 Å². The zero-order valence-electron chi connectivity index (χ0n) is 8.94. The van der Waals surface area contributed by atoms with Crippen LogP contribution in [0.1, 0.15) is 17.2 Å². The molecule has 0 unspecified atom stereocenters. The minimum Gasteiger partial charge on any atom is -0.320 e. The summed E-state index contributed by atoms with van der Waals surface area (Å²) in [6.07, 6.45) is 0. The molecule has 2 rings (SSSR count). The average molecular weight is 256 g/mol. The summed E-state index contributed by atoms with van der Waals surface area (Å²) in [7, 11) is 0. The summed E-state index contributed by atoms with van der Waals surface area (Å²) in [5.41, 5.74) is 6.44. The first-order chi connectivity index (χ1) is 7.70. The van der Waals surface area contributed by atoms with Gasteiger partial charge in [-0.1, -0.05) is 36.4 Å². The first kappa shape index (κ1) is 13.6. The molecule has 90 valence electrons. The van der Waals surface area contributed by atoms with E-state index in [4.69, 9.17) is 5.73 Å². The Balaban J connectivity index is 0.00000144. The average Bonchev–Trinajstić information content (AvgIpc) is 2.29. The van der Waals surface area contributed by atoms with Crippen molar-refractivity contribution in [2.75, 3.05) is 0 Å². The monoisotopic (exact) mass is 255 g/mol. The topological polar surface area (TPSA) is 26.0 Å². The molecule has 0 heterocycles. The molecule has 0 bridgehead atoms. The van der Waals surface area contributed by atoms with Crippen LogP contribution in [0.25, 0.3) is 0 Å². The Bertz CT molecular complexity index is 457. The van der Waals surface area contributed by atoms with Crippen molar-refractivity contribution in [1.29, 1.82) is 0 Å². The predicted octanol–water partition coefficient (Wildman–Crippen LogP) is 3.43. The zero-order valence-corrected chi connectivity index (χ0v) is 9.75. The highest BCUT2D eigenvalue weighted by atomic mass is 35.5.